The highest BCUT2D eigenvalue weighted by molar-refractivity contribution is 6.31. The van der Waals surface area contributed by atoms with Crippen LogP contribution in [0, 0.1) is 6.92 Å². The van der Waals surface area contributed by atoms with Gasteiger partial charge < -0.3 is 19.5 Å². The van der Waals surface area contributed by atoms with Gasteiger partial charge in [0.05, 0.1) is 17.6 Å². The molecule has 3 aromatic rings. The Labute approximate surface area is 204 Å². The fourth-order valence-corrected chi connectivity index (χ4v) is 4.22. The average Bonchev–Trinajstić information content (AvgIpc) is 3.14. The van der Waals surface area contributed by atoms with Crippen LogP contribution in [0.5, 0.6) is 5.75 Å². The fraction of sp³-hybridized carbons (Fsp3) is 0.400. The lowest BCUT2D eigenvalue weighted by Gasteiger charge is -2.34. The van der Waals surface area contributed by atoms with Gasteiger partial charge in [0, 0.05) is 50.4 Å². The van der Waals surface area contributed by atoms with E-state index in [4.69, 9.17) is 21.3 Å². The third-order valence-corrected chi connectivity index (χ3v) is 6.57. The molecule has 0 atom stereocenters. The molecule has 1 N–H and O–H groups in total. The maximum atomic E-state index is 12.4. The van der Waals surface area contributed by atoms with Crippen molar-refractivity contribution in [3.63, 3.8) is 0 Å². The number of ether oxygens (including phenoxy) is 1. The van der Waals surface area contributed by atoms with Crippen LogP contribution < -0.4 is 10.1 Å². The van der Waals surface area contributed by atoms with Crippen molar-refractivity contribution in [1.29, 1.82) is 0 Å². The zero-order valence-corrected chi connectivity index (χ0v) is 20.6. The molecule has 0 bridgehead atoms. The molecule has 2 heterocycles. The Balaban J connectivity index is 1.36. The molecule has 1 aliphatic heterocycles. The van der Waals surface area contributed by atoms with Crippen LogP contribution in [-0.4, -0.2) is 64.0 Å². The summed E-state index contributed by atoms with van der Waals surface area (Å²) >= 11 is 6.03. The predicted molar refractivity (Wildman–Crippen MR) is 133 cm³/mol. The first-order valence-corrected chi connectivity index (χ1v) is 11.9. The van der Waals surface area contributed by atoms with Gasteiger partial charge in [-0.2, -0.15) is 0 Å². The second kappa shape index (κ2) is 10.4. The number of amides is 2. The van der Waals surface area contributed by atoms with Crippen molar-refractivity contribution in [3.05, 3.63) is 52.8 Å². The van der Waals surface area contributed by atoms with Crippen LogP contribution in [0.3, 0.4) is 0 Å². The highest BCUT2D eigenvalue weighted by atomic mass is 35.5. The molecule has 0 unspecified atom stereocenters. The largest absolute Gasteiger partial charge is 0.484 e. The Morgan fingerprint density at radius 3 is 2.59 bits per heavy atom. The number of nitrogens with one attached hydrogen (secondary N) is 1. The summed E-state index contributed by atoms with van der Waals surface area (Å²) in [4.78, 5) is 33.3. The van der Waals surface area contributed by atoms with E-state index in [1.54, 1.807) is 18.2 Å². The van der Waals surface area contributed by atoms with Crippen LogP contribution >= 0.6 is 11.6 Å². The van der Waals surface area contributed by atoms with Crippen LogP contribution in [0.15, 0.2) is 36.4 Å². The Hall–Kier alpha value is -3.10. The molecular formula is C25H30ClN5O3. The minimum absolute atomic E-state index is 0.0981. The standard InChI is InChI=1S/C25H30ClN5O3/c1-4-25(33)31-11-9-30(10-12-31)15-23-28-21-14-18(5-8-22(21)29(23)3)27-24(32)16-34-19-6-7-20(26)17(2)13-19/h5-8,13-14H,4,9-12,15-16H2,1-3H3,(H,27,32). The number of halogens is 1. The number of nitrogens with zero attached hydrogens (tertiary/aromatic N) is 4. The first-order valence-electron chi connectivity index (χ1n) is 11.5. The number of fused-ring (bicyclic) bond motifs is 1. The van der Waals surface area contributed by atoms with Crippen LogP contribution in [0.25, 0.3) is 11.0 Å². The van der Waals surface area contributed by atoms with Gasteiger partial charge in [-0.25, -0.2) is 4.98 Å². The second-order valence-electron chi connectivity index (χ2n) is 8.55. The lowest BCUT2D eigenvalue weighted by Crippen LogP contribution is -2.48. The summed E-state index contributed by atoms with van der Waals surface area (Å²) in [6.07, 6.45) is 0.552. The maximum absolute atomic E-state index is 12.4. The number of piperazine rings is 1. The average molecular weight is 484 g/mol. The van der Waals surface area contributed by atoms with Crippen molar-refractivity contribution < 1.29 is 14.3 Å². The normalized spacial score (nSPS) is 14.4. The molecule has 2 aromatic carbocycles. The zero-order chi connectivity index (χ0) is 24.2. The van der Waals surface area contributed by atoms with E-state index in [1.807, 2.05) is 44.0 Å². The molecule has 1 aromatic heterocycles. The molecule has 0 radical (unpaired) electrons. The van der Waals surface area contributed by atoms with Gasteiger partial charge in [-0.1, -0.05) is 18.5 Å². The van der Waals surface area contributed by atoms with Gasteiger partial charge in [-0.05, 0) is 48.9 Å². The third-order valence-electron chi connectivity index (χ3n) is 6.15. The Morgan fingerprint density at radius 1 is 1.12 bits per heavy atom. The molecule has 9 heteroatoms. The topological polar surface area (TPSA) is 79.7 Å². The highest BCUT2D eigenvalue weighted by Crippen LogP contribution is 2.22. The van der Waals surface area contributed by atoms with Gasteiger partial charge in [0.2, 0.25) is 5.91 Å². The summed E-state index contributed by atoms with van der Waals surface area (Å²) in [6.45, 7) is 7.59. The summed E-state index contributed by atoms with van der Waals surface area (Å²) in [6, 6.07) is 11.0. The number of hydrogen-bond acceptors (Lipinski definition) is 5. The quantitative estimate of drug-likeness (QED) is 0.555. The summed E-state index contributed by atoms with van der Waals surface area (Å²) in [5.41, 5.74) is 3.39. The summed E-state index contributed by atoms with van der Waals surface area (Å²) < 4.78 is 7.66. The fourth-order valence-electron chi connectivity index (χ4n) is 4.10. The smallest absolute Gasteiger partial charge is 0.262 e. The first kappa shape index (κ1) is 24.0. The minimum Gasteiger partial charge on any atom is -0.484 e. The number of aryl methyl sites for hydroxylation is 2. The van der Waals surface area contributed by atoms with Crippen molar-refractivity contribution in [2.75, 3.05) is 38.1 Å². The number of anilines is 1. The van der Waals surface area contributed by atoms with Gasteiger partial charge in [0.1, 0.15) is 11.6 Å². The molecule has 0 spiro atoms. The SMILES string of the molecule is CCC(=O)N1CCN(Cc2nc3cc(NC(=O)COc4ccc(Cl)c(C)c4)ccc3n2C)CC1. The molecule has 2 amide bonds. The highest BCUT2D eigenvalue weighted by Gasteiger charge is 2.21. The van der Waals surface area contributed by atoms with E-state index in [0.717, 1.165) is 55.1 Å². The number of carbonyl (C=O) groups is 2. The Bertz CT molecular complexity index is 1200. The monoisotopic (exact) mass is 483 g/mol. The Morgan fingerprint density at radius 2 is 1.88 bits per heavy atom. The molecule has 1 aliphatic rings. The molecule has 4 rings (SSSR count). The van der Waals surface area contributed by atoms with Crippen molar-refractivity contribution in [2.45, 2.75) is 26.8 Å². The van der Waals surface area contributed by atoms with Gasteiger partial charge in [0.25, 0.3) is 5.91 Å². The molecule has 34 heavy (non-hydrogen) atoms. The van der Waals surface area contributed by atoms with E-state index in [0.29, 0.717) is 22.9 Å². The second-order valence-corrected chi connectivity index (χ2v) is 8.96. The van der Waals surface area contributed by atoms with E-state index in [1.165, 1.54) is 0 Å². The molecule has 180 valence electrons. The molecule has 0 aliphatic carbocycles. The number of aromatic nitrogens is 2. The number of carbonyl (C=O) groups excluding carboxylic acids is 2. The van der Waals surface area contributed by atoms with Crippen LogP contribution in [-0.2, 0) is 23.2 Å². The minimum atomic E-state index is -0.248. The van der Waals surface area contributed by atoms with E-state index >= 15 is 0 Å². The van der Waals surface area contributed by atoms with E-state index in [-0.39, 0.29) is 18.4 Å². The van der Waals surface area contributed by atoms with Crippen LogP contribution in [0.1, 0.15) is 24.7 Å². The lowest BCUT2D eigenvalue weighted by atomic mass is 10.2. The lowest BCUT2D eigenvalue weighted by molar-refractivity contribution is -0.132. The van der Waals surface area contributed by atoms with Crippen molar-refractivity contribution in [3.8, 4) is 5.75 Å². The van der Waals surface area contributed by atoms with Gasteiger partial charge >= 0.3 is 0 Å². The number of hydrogen-bond donors (Lipinski definition) is 1. The molecule has 0 saturated carbocycles. The zero-order valence-electron chi connectivity index (χ0n) is 19.8. The van der Waals surface area contributed by atoms with Crippen LogP contribution in [0.4, 0.5) is 5.69 Å². The first-order chi connectivity index (χ1) is 16.3. The van der Waals surface area contributed by atoms with E-state index in [2.05, 4.69) is 14.8 Å². The summed E-state index contributed by atoms with van der Waals surface area (Å²) in [5, 5.41) is 3.54. The summed E-state index contributed by atoms with van der Waals surface area (Å²) in [5.74, 6) is 1.52. The van der Waals surface area contributed by atoms with E-state index in [9.17, 15) is 9.59 Å². The Kier molecular flexibility index (Phi) is 7.38. The third kappa shape index (κ3) is 5.51. The van der Waals surface area contributed by atoms with Crippen molar-refractivity contribution >= 4 is 40.1 Å². The number of imidazole rings is 1. The van der Waals surface area contributed by atoms with Gasteiger partial charge in [0.15, 0.2) is 6.61 Å². The maximum Gasteiger partial charge on any atom is 0.262 e. The number of rotatable bonds is 7. The van der Waals surface area contributed by atoms with Gasteiger partial charge in [-0.15, -0.1) is 0 Å². The summed E-state index contributed by atoms with van der Waals surface area (Å²) in [7, 11) is 2.00. The van der Waals surface area contributed by atoms with Crippen molar-refractivity contribution in [1.82, 2.24) is 19.4 Å². The molecule has 1 saturated heterocycles. The van der Waals surface area contributed by atoms with Gasteiger partial charge in [-0.3, -0.25) is 14.5 Å². The molecular weight excluding hydrogens is 454 g/mol. The van der Waals surface area contributed by atoms with Crippen LogP contribution in [0.2, 0.25) is 5.02 Å². The van der Waals surface area contributed by atoms with E-state index < -0.39 is 0 Å². The molecule has 8 nitrogen and oxygen atoms in total. The predicted octanol–water partition coefficient (Wildman–Crippen LogP) is 3.61. The molecule has 1 fully saturated rings. The number of benzene rings is 2. The van der Waals surface area contributed by atoms with Crippen molar-refractivity contribution in [2.24, 2.45) is 7.05 Å².